The summed E-state index contributed by atoms with van der Waals surface area (Å²) in [6, 6.07) is 0. The smallest absolute Gasteiger partial charge is 0.0215 e. The maximum atomic E-state index is 2.81. The summed E-state index contributed by atoms with van der Waals surface area (Å²) in [5, 5.41) is 0. The van der Waals surface area contributed by atoms with Crippen molar-refractivity contribution in [2.75, 3.05) is 0 Å². The van der Waals surface area contributed by atoms with Crippen LogP contribution in [0.3, 0.4) is 0 Å². The lowest BCUT2D eigenvalue weighted by Gasteiger charge is -2.73. The van der Waals surface area contributed by atoms with Gasteiger partial charge in [-0.3, -0.25) is 0 Å². The number of rotatable bonds is 2. The van der Waals surface area contributed by atoms with Crippen LogP contribution in [0.2, 0.25) is 0 Å². The molecule has 5 fully saturated rings. The second-order valence-electron chi connectivity index (χ2n) is 17.3. The highest BCUT2D eigenvalue weighted by Gasteiger charge is 2.68. The van der Waals surface area contributed by atoms with E-state index in [1.807, 2.05) is 0 Å². The molecule has 0 aromatic rings. The van der Waals surface area contributed by atoms with Gasteiger partial charge in [0.15, 0.2) is 0 Å². The highest BCUT2D eigenvalue weighted by molar-refractivity contribution is 5.17. The quantitative estimate of drug-likeness (QED) is 0.356. The van der Waals surface area contributed by atoms with Crippen molar-refractivity contribution in [2.24, 2.45) is 93.2 Å². The summed E-state index contributed by atoms with van der Waals surface area (Å²) in [6.07, 6.45) is 13.7. The summed E-state index contributed by atoms with van der Waals surface area (Å²) in [4.78, 5) is 0. The molecule has 0 amide bonds. The fraction of sp³-hybridized carbons (Fsp3) is 1.00. The van der Waals surface area contributed by atoms with E-state index >= 15 is 0 Å². The maximum Gasteiger partial charge on any atom is -0.0215 e. The van der Waals surface area contributed by atoms with Crippen molar-refractivity contribution in [3.8, 4) is 0 Å². The van der Waals surface area contributed by atoms with Crippen molar-refractivity contribution in [3.63, 3.8) is 0 Å². The highest BCUT2D eigenvalue weighted by Crippen LogP contribution is 2.75. The normalized spacial score (nSPS) is 59.7. The van der Waals surface area contributed by atoms with E-state index in [2.05, 4.69) is 76.2 Å². The Hall–Kier alpha value is 0. The molecule has 0 aliphatic heterocycles. The summed E-state index contributed by atoms with van der Waals surface area (Å²) < 4.78 is 0. The Labute approximate surface area is 226 Å². The van der Waals surface area contributed by atoms with Gasteiger partial charge in [0.05, 0.1) is 0 Å². The minimum atomic E-state index is 0.469. The lowest BCUT2D eigenvalue weighted by molar-refractivity contribution is -0.249. The van der Waals surface area contributed by atoms with E-state index < -0.39 is 0 Å². The monoisotopic (exact) mass is 497 g/mol. The first kappa shape index (κ1) is 27.6. The second kappa shape index (κ2) is 9.29. The number of fused-ring (bicyclic) bond motifs is 3. The zero-order valence-corrected chi connectivity index (χ0v) is 26.4. The molecule has 0 bridgehead atoms. The standard InChI is InChI=1S/C36H64/c1-21(2)31-24(5)18-35(10)20-34(9)19-30-29(28-15-12-22(3)13-16-28)17-14-23(4)32(30)25(6)33(34)27(8)36(35,11)26(31)7/h21-33H,12-20H2,1-11H3. The zero-order valence-electron chi connectivity index (χ0n) is 26.4. The van der Waals surface area contributed by atoms with Crippen molar-refractivity contribution in [2.45, 2.75) is 134 Å². The van der Waals surface area contributed by atoms with Crippen molar-refractivity contribution in [3.05, 3.63) is 0 Å². The first-order chi connectivity index (χ1) is 16.7. The summed E-state index contributed by atoms with van der Waals surface area (Å²) in [5.74, 6) is 12.0. The molecule has 0 aromatic heterocycles. The average Bonchev–Trinajstić information content (AvgIpc) is 2.76. The SMILES string of the molecule is CC1CCC(C2CCC(C)C3C(C)C4C(C)C5(C)C(C)C(C(C)C)C(C)CC5(C)CC4(C)CC23)CC1. The third-order valence-corrected chi connectivity index (χ3v) is 15.3. The van der Waals surface area contributed by atoms with Gasteiger partial charge in [-0.15, -0.1) is 0 Å². The molecule has 0 spiro atoms. The van der Waals surface area contributed by atoms with Crippen LogP contribution in [0.4, 0.5) is 0 Å². The summed E-state index contributed by atoms with van der Waals surface area (Å²) in [7, 11) is 0. The van der Waals surface area contributed by atoms with E-state index in [0.717, 1.165) is 76.9 Å². The molecular formula is C36H64. The predicted octanol–water partition coefficient (Wildman–Crippen LogP) is 10.8. The van der Waals surface area contributed by atoms with Crippen LogP contribution >= 0.6 is 0 Å². The molecule has 0 saturated heterocycles. The van der Waals surface area contributed by atoms with E-state index in [1.54, 1.807) is 12.8 Å². The molecule has 13 unspecified atom stereocenters. The minimum Gasteiger partial charge on any atom is -0.0625 e. The van der Waals surface area contributed by atoms with Crippen LogP contribution in [0.15, 0.2) is 0 Å². The Morgan fingerprint density at radius 1 is 0.667 bits per heavy atom. The van der Waals surface area contributed by atoms with Gasteiger partial charge < -0.3 is 0 Å². The van der Waals surface area contributed by atoms with Crippen LogP contribution in [0.25, 0.3) is 0 Å². The lowest BCUT2D eigenvalue weighted by Crippen LogP contribution is -2.67. The van der Waals surface area contributed by atoms with Crippen LogP contribution in [0.1, 0.15) is 134 Å². The molecule has 5 rings (SSSR count). The van der Waals surface area contributed by atoms with Gasteiger partial charge in [-0.05, 0) is 132 Å². The molecule has 0 aromatic carbocycles. The molecule has 0 nitrogen and oxygen atoms in total. The Kier molecular flexibility index (Phi) is 7.11. The zero-order chi connectivity index (χ0) is 26.4. The predicted molar refractivity (Wildman–Crippen MR) is 157 cm³/mol. The van der Waals surface area contributed by atoms with Gasteiger partial charge in [-0.2, -0.15) is 0 Å². The molecule has 13 atom stereocenters. The molecule has 0 heteroatoms. The van der Waals surface area contributed by atoms with Gasteiger partial charge in [0.25, 0.3) is 0 Å². The third-order valence-electron chi connectivity index (χ3n) is 15.3. The molecule has 5 aliphatic carbocycles. The topological polar surface area (TPSA) is 0 Å². The molecular weight excluding hydrogens is 432 g/mol. The van der Waals surface area contributed by atoms with E-state index in [0.29, 0.717) is 16.2 Å². The number of hydrogen-bond donors (Lipinski definition) is 0. The summed E-state index contributed by atoms with van der Waals surface area (Å²) in [5.41, 5.74) is 1.50. The summed E-state index contributed by atoms with van der Waals surface area (Å²) >= 11 is 0. The van der Waals surface area contributed by atoms with E-state index in [-0.39, 0.29) is 0 Å². The Bertz CT molecular complexity index is 788. The Morgan fingerprint density at radius 2 is 1.31 bits per heavy atom. The van der Waals surface area contributed by atoms with Crippen molar-refractivity contribution < 1.29 is 0 Å². The molecule has 208 valence electrons. The van der Waals surface area contributed by atoms with Gasteiger partial charge in [0.1, 0.15) is 0 Å². The fourth-order valence-corrected chi connectivity index (χ4v) is 14.1. The fourth-order valence-electron chi connectivity index (χ4n) is 14.1. The van der Waals surface area contributed by atoms with Crippen LogP contribution in [-0.4, -0.2) is 0 Å². The molecule has 0 radical (unpaired) electrons. The van der Waals surface area contributed by atoms with Crippen LogP contribution in [0.5, 0.6) is 0 Å². The van der Waals surface area contributed by atoms with Crippen LogP contribution in [-0.2, 0) is 0 Å². The Morgan fingerprint density at radius 3 is 1.92 bits per heavy atom. The van der Waals surface area contributed by atoms with E-state index in [4.69, 9.17) is 0 Å². The average molecular weight is 497 g/mol. The molecule has 0 N–H and O–H groups in total. The highest BCUT2D eigenvalue weighted by atomic mass is 14.7. The Balaban J connectivity index is 1.51. The lowest BCUT2D eigenvalue weighted by atomic mass is 9.31. The van der Waals surface area contributed by atoms with Gasteiger partial charge in [0.2, 0.25) is 0 Å². The van der Waals surface area contributed by atoms with Crippen molar-refractivity contribution in [1.82, 2.24) is 0 Å². The first-order valence-corrected chi connectivity index (χ1v) is 16.7. The number of hydrogen-bond acceptors (Lipinski definition) is 0. The van der Waals surface area contributed by atoms with Gasteiger partial charge in [-0.25, -0.2) is 0 Å². The van der Waals surface area contributed by atoms with Gasteiger partial charge in [-0.1, -0.05) is 95.4 Å². The molecule has 5 saturated carbocycles. The molecule has 36 heavy (non-hydrogen) atoms. The van der Waals surface area contributed by atoms with Gasteiger partial charge >= 0.3 is 0 Å². The first-order valence-electron chi connectivity index (χ1n) is 16.7. The van der Waals surface area contributed by atoms with Crippen LogP contribution < -0.4 is 0 Å². The van der Waals surface area contributed by atoms with Crippen molar-refractivity contribution in [1.29, 1.82) is 0 Å². The molecule has 5 aliphatic rings. The van der Waals surface area contributed by atoms with Gasteiger partial charge in [0, 0.05) is 0 Å². The van der Waals surface area contributed by atoms with E-state index in [9.17, 15) is 0 Å². The van der Waals surface area contributed by atoms with Crippen molar-refractivity contribution >= 4 is 0 Å². The largest absolute Gasteiger partial charge is 0.0625 e. The third kappa shape index (κ3) is 3.86. The minimum absolute atomic E-state index is 0.469. The van der Waals surface area contributed by atoms with Crippen LogP contribution in [0, 0.1) is 93.2 Å². The maximum absolute atomic E-state index is 2.81. The summed E-state index contributed by atoms with van der Waals surface area (Å²) in [6.45, 7) is 29.4. The van der Waals surface area contributed by atoms with E-state index in [1.165, 1.54) is 44.9 Å². The second-order valence-corrected chi connectivity index (χ2v) is 17.3. The molecule has 0 heterocycles.